The largest absolute Gasteiger partial charge is 0.467 e. The van der Waals surface area contributed by atoms with Gasteiger partial charge in [0.15, 0.2) is 11.5 Å². The zero-order valence-electron chi connectivity index (χ0n) is 29.0. The number of ketones is 1. The van der Waals surface area contributed by atoms with Crippen LogP contribution >= 0.6 is 0 Å². The summed E-state index contributed by atoms with van der Waals surface area (Å²) in [6, 6.07) is 0. The number of hydrogen-bond acceptors (Lipinski definition) is 17. The number of carbonyl (C=O) groups is 4. The summed E-state index contributed by atoms with van der Waals surface area (Å²) in [4.78, 5) is 54.7. The van der Waals surface area contributed by atoms with Crippen LogP contribution in [0.1, 0.15) is 47.5 Å². The maximum Gasteiger partial charge on any atom is 0.348 e. The van der Waals surface area contributed by atoms with Crippen LogP contribution in [0.3, 0.4) is 0 Å². The Balaban J connectivity index is 1.43. The summed E-state index contributed by atoms with van der Waals surface area (Å²) in [7, 11) is 1.04. The summed E-state index contributed by atoms with van der Waals surface area (Å²) in [6.45, 7) is 6.55. The molecule has 2 saturated carbocycles. The molecule has 17 heteroatoms. The molecule has 0 aromatic rings. The van der Waals surface area contributed by atoms with E-state index in [2.05, 4.69) is 0 Å². The van der Waals surface area contributed by atoms with E-state index < -0.39 is 125 Å². The lowest BCUT2D eigenvalue weighted by Crippen LogP contribution is -2.79. The van der Waals surface area contributed by atoms with E-state index in [0.29, 0.717) is 5.57 Å². The van der Waals surface area contributed by atoms with E-state index in [4.69, 9.17) is 28.4 Å². The summed E-state index contributed by atoms with van der Waals surface area (Å²) in [5, 5.41) is 74.9. The zero-order chi connectivity index (χ0) is 37.7. The van der Waals surface area contributed by atoms with Crippen molar-refractivity contribution in [2.75, 3.05) is 20.3 Å². The molecule has 0 radical (unpaired) electrons. The van der Waals surface area contributed by atoms with Crippen molar-refractivity contribution in [2.45, 2.75) is 114 Å². The van der Waals surface area contributed by atoms with Gasteiger partial charge in [-0.15, -0.1) is 0 Å². The van der Waals surface area contributed by atoms with Crippen molar-refractivity contribution in [3.63, 3.8) is 0 Å². The van der Waals surface area contributed by atoms with Gasteiger partial charge in [0.2, 0.25) is 18.0 Å². The highest BCUT2D eigenvalue weighted by molar-refractivity contribution is 5.96. The summed E-state index contributed by atoms with van der Waals surface area (Å²) in [5.74, 6) is -7.35. The molecule has 5 fully saturated rings. The van der Waals surface area contributed by atoms with Crippen LogP contribution in [0.25, 0.3) is 0 Å². The Morgan fingerprint density at radius 3 is 2.31 bits per heavy atom. The van der Waals surface area contributed by atoms with Gasteiger partial charge in [-0.05, 0) is 56.6 Å². The smallest absolute Gasteiger partial charge is 0.348 e. The third kappa shape index (κ3) is 5.22. The number of ether oxygens (including phenoxy) is 6. The Hall–Kier alpha value is -3.00. The number of Topliss-reactive ketones (excluding diaryl/α,β-unsaturated/α-hetero) is 1. The number of fused-ring (bicyclic) bond motifs is 2. The van der Waals surface area contributed by atoms with E-state index in [1.165, 1.54) is 20.8 Å². The number of aliphatic hydroxyl groups excluding tert-OH is 6. The summed E-state index contributed by atoms with van der Waals surface area (Å²) >= 11 is 0. The maximum absolute atomic E-state index is 14.0. The second-order valence-electron chi connectivity index (χ2n) is 15.5. The molecule has 3 aliphatic carbocycles. The second kappa shape index (κ2) is 12.6. The average Bonchev–Trinajstić information content (AvgIpc) is 3.36. The first-order chi connectivity index (χ1) is 23.7. The Kier molecular flexibility index (Phi) is 9.29. The summed E-state index contributed by atoms with van der Waals surface area (Å²) < 4.78 is 34.2. The van der Waals surface area contributed by atoms with Gasteiger partial charge in [0.25, 0.3) is 0 Å². The van der Waals surface area contributed by atoms with Crippen LogP contribution in [0, 0.1) is 28.6 Å². The minimum atomic E-state index is -2.38. The zero-order valence-corrected chi connectivity index (χ0v) is 29.0. The van der Waals surface area contributed by atoms with Crippen molar-refractivity contribution in [1.29, 1.82) is 0 Å². The maximum atomic E-state index is 14.0. The lowest BCUT2D eigenvalue weighted by atomic mass is 9.38. The fourth-order valence-corrected chi connectivity index (χ4v) is 9.80. The van der Waals surface area contributed by atoms with E-state index >= 15 is 0 Å². The number of carbonyl (C=O) groups excluding carboxylic acids is 4. The predicted molar refractivity (Wildman–Crippen MR) is 165 cm³/mol. The molecule has 0 unspecified atom stereocenters. The van der Waals surface area contributed by atoms with E-state index in [1.807, 2.05) is 0 Å². The van der Waals surface area contributed by atoms with Crippen LogP contribution in [0.2, 0.25) is 0 Å². The Morgan fingerprint density at radius 2 is 1.71 bits per heavy atom. The predicted octanol–water partition coefficient (Wildman–Crippen LogP) is -2.47. The third-order valence-electron chi connectivity index (χ3n) is 12.4. The van der Waals surface area contributed by atoms with Crippen molar-refractivity contribution in [3.05, 3.63) is 23.0 Å². The minimum absolute atomic E-state index is 0.00228. The van der Waals surface area contributed by atoms with Crippen LogP contribution in [-0.2, 0) is 47.6 Å². The van der Waals surface area contributed by atoms with Crippen molar-refractivity contribution in [1.82, 2.24) is 0 Å². The molecule has 15 atom stereocenters. The van der Waals surface area contributed by atoms with Gasteiger partial charge in [-0.3, -0.25) is 4.79 Å². The van der Waals surface area contributed by atoms with Crippen molar-refractivity contribution >= 4 is 23.7 Å². The normalized spacial score (nSPS) is 46.5. The fourth-order valence-electron chi connectivity index (χ4n) is 9.80. The molecule has 0 aromatic heterocycles. The highest BCUT2D eigenvalue weighted by Crippen LogP contribution is 2.73. The molecular formula is C34H46O17. The molecule has 284 valence electrons. The molecule has 6 rings (SSSR count). The van der Waals surface area contributed by atoms with E-state index in [9.17, 15) is 54.9 Å². The Morgan fingerprint density at radius 1 is 1.04 bits per heavy atom. The first kappa shape index (κ1) is 37.7. The summed E-state index contributed by atoms with van der Waals surface area (Å²) in [6.07, 6.45) is -14.3. The number of rotatable bonds is 7. The molecule has 7 N–H and O–H groups in total. The van der Waals surface area contributed by atoms with Gasteiger partial charge in [-0.25, -0.2) is 14.4 Å². The van der Waals surface area contributed by atoms with E-state index in [-0.39, 0.29) is 30.8 Å². The monoisotopic (exact) mass is 726 g/mol. The highest BCUT2D eigenvalue weighted by Gasteiger charge is 2.85. The van der Waals surface area contributed by atoms with Crippen LogP contribution in [0.4, 0.5) is 0 Å². The number of aliphatic hydroxyl groups is 7. The van der Waals surface area contributed by atoms with Gasteiger partial charge in [0.05, 0.1) is 37.9 Å². The van der Waals surface area contributed by atoms with E-state index in [0.717, 1.165) is 13.2 Å². The van der Waals surface area contributed by atoms with Gasteiger partial charge in [0, 0.05) is 23.8 Å². The van der Waals surface area contributed by atoms with Gasteiger partial charge in [-0.1, -0.05) is 6.92 Å². The lowest BCUT2D eigenvalue weighted by Gasteiger charge is -2.67. The number of methoxy groups -OCH3 is 1. The van der Waals surface area contributed by atoms with Crippen LogP contribution in [-0.4, -0.2) is 146 Å². The van der Waals surface area contributed by atoms with Gasteiger partial charge in [0.1, 0.15) is 36.6 Å². The molecule has 3 aliphatic heterocycles. The number of hydrogen-bond donors (Lipinski definition) is 7. The van der Waals surface area contributed by atoms with E-state index in [1.54, 1.807) is 13.8 Å². The SMILES string of the molecule is COC(=O)[C@]12OC[C@]34[C@H]([C@@H](O)[C@@H]1O)[C@@]1(C)CC(=O)C(O[C@@H]5O[C@H](CO)[C@@H](O)[C@H](O)[C@H]5O)=C(C)[C@@H]1C[C@H]3OC(=O)[C@H](OC(=O)/C=C(\C)C(C)(C)O)[C@@H]24. The molecule has 1 spiro atoms. The molecule has 2 bridgehead atoms. The summed E-state index contributed by atoms with van der Waals surface area (Å²) in [5.41, 5.74) is -6.03. The van der Waals surface area contributed by atoms with Gasteiger partial charge in [-0.2, -0.15) is 0 Å². The van der Waals surface area contributed by atoms with Crippen LogP contribution in [0.5, 0.6) is 0 Å². The highest BCUT2D eigenvalue weighted by atomic mass is 16.7. The van der Waals surface area contributed by atoms with Crippen LogP contribution < -0.4 is 0 Å². The lowest BCUT2D eigenvalue weighted by molar-refractivity contribution is -0.296. The molecule has 17 nitrogen and oxygen atoms in total. The van der Waals surface area contributed by atoms with Crippen LogP contribution in [0.15, 0.2) is 23.0 Å². The standard InChI is InChI=1S/C34H46O17/c1-12(31(3,4)45)7-18(37)50-24-26-33-11-47-34(26,30(44)46-6)27(42)22(41)25(33)32(5)9-15(36)23(13(2)14(32)8-17(33)49-28(24)43)51-29-21(40)20(39)19(38)16(10-35)48-29/h7,14,16-17,19-22,24-27,29,35,38-42,45H,8-11H2,1-6H3/b12-7+/t14-,16+,17+,19+,20-,21+,22+,24+,25+,26+,27-,29-,32-,33+,34+/m0/s1. The van der Waals surface area contributed by atoms with Gasteiger partial charge >= 0.3 is 17.9 Å². The molecule has 51 heavy (non-hydrogen) atoms. The van der Waals surface area contributed by atoms with Crippen molar-refractivity contribution < 1.29 is 83.3 Å². The first-order valence-electron chi connectivity index (χ1n) is 16.8. The minimum Gasteiger partial charge on any atom is -0.467 e. The second-order valence-corrected chi connectivity index (χ2v) is 15.5. The van der Waals surface area contributed by atoms with Crippen molar-refractivity contribution in [2.24, 2.45) is 28.6 Å². The third-order valence-corrected chi connectivity index (χ3v) is 12.4. The topological polar surface area (TPSA) is 265 Å². The molecular weight excluding hydrogens is 680 g/mol. The van der Waals surface area contributed by atoms with Crippen molar-refractivity contribution in [3.8, 4) is 0 Å². The Bertz CT molecular complexity index is 1550. The molecule has 0 aromatic carbocycles. The molecule has 3 saturated heterocycles. The van der Waals surface area contributed by atoms with Gasteiger partial charge < -0.3 is 64.2 Å². The average molecular weight is 727 g/mol. The molecule has 3 heterocycles. The molecule has 0 amide bonds. The Labute approximate surface area is 292 Å². The number of allylic oxidation sites excluding steroid dienone is 2. The quantitative estimate of drug-likeness (QED) is 0.0814. The number of esters is 3. The fraction of sp³-hybridized carbons (Fsp3) is 0.765. The molecule has 6 aliphatic rings. The first-order valence-corrected chi connectivity index (χ1v) is 16.8.